The van der Waals surface area contributed by atoms with Gasteiger partial charge in [-0.1, -0.05) is 37.3 Å². The van der Waals surface area contributed by atoms with Crippen LogP contribution < -0.4 is 4.74 Å². The zero-order valence-electron chi connectivity index (χ0n) is 14.1. The predicted molar refractivity (Wildman–Crippen MR) is 96.6 cm³/mol. The summed E-state index contributed by atoms with van der Waals surface area (Å²) in [4.78, 5) is 11.6. The second-order valence-corrected chi connectivity index (χ2v) is 7.05. The van der Waals surface area contributed by atoms with E-state index in [1.807, 2.05) is 57.2 Å². The van der Waals surface area contributed by atoms with Crippen LogP contribution in [0.4, 0.5) is 0 Å². The van der Waals surface area contributed by atoms with Crippen molar-refractivity contribution in [2.45, 2.75) is 20.8 Å². The monoisotopic (exact) mass is 346 g/mol. The van der Waals surface area contributed by atoms with E-state index >= 15 is 0 Å². The van der Waals surface area contributed by atoms with Crippen molar-refractivity contribution in [3.63, 3.8) is 0 Å². The van der Waals surface area contributed by atoms with Crippen LogP contribution in [-0.4, -0.2) is 27.1 Å². The Morgan fingerprint density at radius 2 is 1.83 bits per heavy atom. The molecule has 0 aliphatic heterocycles. The molecule has 4 nitrogen and oxygen atoms in total. The molecule has 0 aromatic heterocycles. The van der Waals surface area contributed by atoms with Gasteiger partial charge in [0.2, 0.25) is 0 Å². The van der Waals surface area contributed by atoms with Crippen LogP contribution in [0, 0.1) is 19.8 Å². The van der Waals surface area contributed by atoms with Gasteiger partial charge in [-0.05, 0) is 42.2 Å². The molecule has 0 heterocycles. The lowest BCUT2D eigenvalue weighted by Crippen LogP contribution is -2.14. The molecular weight excluding hydrogens is 324 g/mol. The normalized spacial score (nSPS) is 12.2. The number of aldehydes is 1. The maximum Gasteiger partial charge on any atom is 0.154 e. The van der Waals surface area contributed by atoms with Crippen LogP contribution in [-0.2, 0) is 10.7 Å². The highest BCUT2D eigenvalue weighted by molar-refractivity contribution is 7.72. The second kappa shape index (κ2) is 8.11. The highest BCUT2D eigenvalue weighted by Crippen LogP contribution is 2.34. The largest absolute Gasteiger partial charge is 0.493 e. The van der Waals surface area contributed by atoms with E-state index < -0.39 is 10.7 Å². The van der Waals surface area contributed by atoms with Crippen molar-refractivity contribution in [1.29, 1.82) is 0 Å². The Balaban J connectivity index is 2.36. The standard InChI is InChI=1S/C19H22O4S/c1-13(12-24(21)22)11-23-18-9-14(2)19(15(3)17(18)10-20)16-7-5-4-6-8-16/h4-10,13,24H,11-12H2,1-3H3. The van der Waals surface area contributed by atoms with E-state index in [0.717, 1.165) is 28.5 Å². The molecule has 24 heavy (non-hydrogen) atoms. The molecule has 0 spiro atoms. The molecule has 0 N–H and O–H groups in total. The summed E-state index contributed by atoms with van der Waals surface area (Å²) in [5.74, 6) is 0.457. The SMILES string of the molecule is Cc1cc(OCC(C)C[SH](=O)=O)c(C=O)c(C)c1-c1ccccc1. The minimum absolute atomic E-state index is 0.0752. The van der Waals surface area contributed by atoms with Gasteiger partial charge in [0.25, 0.3) is 0 Å². The molecular formula is C19H22O4S. The lowest BCUT2D eigenvalue weighted by molar-refractivity contribution is 0.111. The number of benzene rings is 2. The van der Waals surface area contributed by atoms with Crippen LogP contribution in [0.5, 0.6) is 5.75 Å². The zero-order chi connectivity index (χ0) is 17.7. The van der Waals surface area contributed by atoms with Crippen LogP contribution in [0.15, 0.2) is 36.4 Å². The van der Waals surface area contributed by atoms with Gasteiger partial charge in [-0.3, -0.25) is 4.79 Å². The third-order valence-electron chi connectivity index (χ3n) is 3.95. The quantitative estimate of drug-likeness (QED) is 0.616. The number of rotatable bonds is 7. The van der Waals surface area contributed by atoms with Gasteiger partial charge in [0.15, 0.2) is 6.29 Å². The molecule has 0 radical (unpaired) electrons. The molecule has 2 aromatic carbocycles. The fraction of sp³-hybridized carbons (Fsp3) is 0.316. The van der Waals surface area contributed by atoms with E-state index in [4.69, 9.17) is 4.74 Å². The summed E-state index contributed by atoms with van der Waals surface area (Å²) < 4.78 is 27.3. The second-order valence-electron chi connectivity index (χ2n) is 6.02. The average Bonchev–Trinajstić information content (AvgIpc) is 2.53. The minimum Gasteiger partial charge on any atom is -0.493 e. The van der Waals surface area contributed by atoms with Crippen molar-refractivity contribution in [1.82, 2.24) is 0 Å². The molecule has 2 rings (SSSR count). The summed E-state index contributed by atoms with van der Waals surface area (Å²) >= 11 is 0. The number of carbonyl (C=O) groups excluding carboxylic acids is 1. The number of ether oxygens (including phenoxy) is 1. The van der Waals surface area contributed by atoms with Gasteiger partial charge in [-0.15, -0.1) is 0 Å². The maximum absolute atomic E-state index is 11.6. The summed E-state index contributed by atoms with van der Waals surface area (Å²) in [6, 6.07) is 11.8. The summed E-state index contributed by atoms with van der Waals surface area (Å²) in [7, 11) is -2.43. The highest BCUT2D eigenvalue weighted by atomic mass is 32.2. The van der Waals surface area contributed by atoms with Gasteiger partial charge in [0.1, 0.15) is 16.5 Å². The van der Waals surface area contributed by atoms with E-state index in [1.54, 1.807) is 0 Å². The van der Waals surface area contributed by atoms with E-state index in [1.165, 1.54) is 0 Å². The van der Waals surface area contributed by atoms with Crippen molar-refractivity contribution in [3.05, 3.63) is 53.1 Å². The summed E-state index contributed by atoms with van der Waals surface area (Å²) in [5.41, 5.74) is 4.48. The van der Waals surface area contributed by atoms with Crippen LogP contribution in [0.2, 0.25) is 0 Å². The summed E-state index contributed by atoms with van der Waals surface area (Å²) in [5, 5.41) is 0. The van der Waals surface area contributed by atoms with Crippen LogP contribution in [0.3, 0.4) is 0 Å². The number of thiol groups is 1. The molecule has 0 aliphatic rings. The molecule has 0 saturated heterocycles. The molecule has 2 aromatic rings. The Labute approximate surface area is 144 Å². The fourth-order valence-corrected chi connectivity index (χ4v) is 3.43. The van der Waals surface area contributed by atoms with Crippen LogP contribution in [0.25, 0.3) is 11.1 Å². The molecule has 1 unspecified atom stereocenters. The van der Waals surface area contributed by atoms with Gasteiger partial charge in [-0.2, -0.15) is 0 Å². The molecule has 5 heteroatoms. The lowest BCUT2D eigenvalue weighted by Gasteiger charge is -2.18. The van der Waals surface area contributed by atoms with Crippen molar-refractivity contribution >= 4 is 17.0 Å². The third-order valence-corrected chi connectivity index (χ3v) is 4.87. The molecule has 0 aliphatic carbocycles. The number of hydrogen-bond acceptors (Lipinski definition) is 4. The van der Waals surface area contributed by atoms with Crippen LogP contribution >= 0.6 is 0 Å². The molecule has 0 amide bonds. The number of carbonyl (C=O) groups is 1. The third kappa shape index (κ3) is 4.23. The zero-order valence-corrected chi connectivity index (χ0v) is 15.0. The Morgan fingerprint density at radius 1 is 1.17 bits per heavy atom. The van der Waals surface area contributed by atoms with E-state index in [9.17, 15) is 13.2 Å². The molecule has 1 atom stereocenters. The minimum atomic E-state index is -2.43. The molecule has 0 bridgehead atoms. The Morgan fingerprint density at radius 3 is 2.42 bits per heavy atom. The van der Waals surface area contributed by atoms with Gasteiger partial charge < -0.3 is 4.74 Å². The van der Waals surface area contributed by atoms with Crippen molar-refractivity contribution in [2.24, 2.45) is 5.92 Å². The topological polar surface area (TPSA) is 60.4 Å². The van der Waals surface area contributed by atoms with Crippen molar-refractivity contribution < 1.29 is 17.9 Å². The summed E-state index contributed by atoms with van der Waals surface area (Å²) in [6.07, 6.45) is 0.801. The lowest BCUT2D eigenvalue weighted by atomic mass is 9.92. The average molecular weight is 346 g/mol. The first-order chi connectivity index (χ1) is 11.4. The van der Waals surface area contributed by atoms with E-state index in [-0.39, 0.29) is 18.3 Å². The van der Waals surface area contributed by atoms with Crippen LogP contribution in [0.1, 0.15) is 28.4 Å². The Bertz CT molecular complexity index is 787. The van der Waals surface area contributed by atoms with E-state index in [0.29, 0.717) is 11.3 Å². The molecule has 0 fully saturated rings. The van der Waals surface area contributed by atoms with E-state index in [2.05, 4.69) is 0 Å². The predicted octanol–water partition coefficient (Wildman–Crippen LogP) is 3.41. The molecule has 0 saturated carbocycles. The van der Waals surface area contributed by atoms with Crippen molar-refractivity contribution in [2.75, 3.05) is 12.4 Å². The Hall–Kier alpha value is -2.14. The van der Waals surface area contributed by atoms with Gasteiger partial charge in [-0.25, -0.2) is 8.42 Å². The first kappa shape index (κ1) is 18.2. The van der Waals surface area contributed by atoms with Crippen molar-refractivity contribution in [3.8, 4) is 16.9 Å². The smallest absolute Gasteiger partial charge is 0.154 e. The molecule has 128 valence electrons. The number of hydrogen-bond donors (Lipinski definition) is 1. The number of aryl methyl sites for hydroxylation is 1. The fourth-order valence-electron chi connectivity index (χ4n) is 2.82. The Kier molecular flexibility index (Phi) is 6.15. The van der Waals surface area contributed by atoms with Gasteiger partial charge in [0.05, 0.1) is 17.9 Å². The highest BCUT2D eigenvalue weighted by Gasteiger charge is 2.16. The first-order valence-corrected chi connectivity index (χ1v) is 9.19. The maximum atomic E-state index is 11.6. The summed E-state index contributed by atoms with van der Waals surface area (Å²) in [6.45, 7) is 5.95. The van der Waals surface area contributed by atoms with Gasteiger partial charge in [0, 0.05) is 5.92 Å². The van der Waals surface area contributed by atoms with Gasteiger partial charge >= 0.3 is 0 Å². The first-order valence-electron chi connectivity index (χ1n) is 7.83.